The van der Waals surface area contributed by atoms with E-state index < -0.39 is 0 Å². The van der Waals surface area contributed by atoms with E-state index >= 15 is 0 Å². The highest BCUT2D eigenvalue weighted by molar-refractivity contribution is 7.99. The number of Topliss-reactive ketones (excluding diaryl/α,β-unsaturated/α-hetero) is 1. The van der Waals surface area contributed by atoms with Crippen molar-refractivity contribution in [2.24, 2.45) is 7.05 Å². The highest BCUT2D eigenvalue weighted by atomic mass is 32.2. The molecule has 1 amide bonds. The van der Waals surface area contributed by atoms with Crippen LogP contribution in [0.1, 0.15) is 12.0 Å². The molecule has 0 atom stereocenters. The van der Waals surface area contributed by atoms with Gasteiger partial charge in [-0.2, -0.15) is 0 Å². The van der Waals surface area contributed by atoms with Crippen LogP contribution in [0.3, 0.4) is 0 Å². The van der Waals surface area contributed by atoms with E-state index in [1.165, 1.54) is 17.3 Å². The standard InChI is InChI=1S/C20H20N4O2S/c1-14-8-10-15(11-9-14)19-22-23-20(24(19)2)27-13-17(25)12-18(26)21-16-6-4-3-5-7-16/h3-11H,12-13H2,1-2H3,(H,21,26). The number of hydrogen-bond donors (Lipinski definition) is 1. The van der Waals surface area contributed by atoms with Gasteiger partial charge in [0.1, 0.15) is 0 Å². The predicted octanol–water partition coefficient (Wildman–Crippen LogP) is 3.48. The molecule has 6 nitrogen and oxygen atoms in total. The molecule has 0 aliphatic rings. The van der Waals surface area contributed by atoms with Gasteiger partial charge in [0.2, 0.25) is 5.91 Å². The molecule has 0 unspecified atom stereocenters. The van der Waals surface area contributed by atoms with Crippen molar-refractivity contribution < 1.29 is 9.59 Å². The molecule has 0 saturated carbocycles. The van der Waals surface area contributed by atoms with E-state index in [0.29, 0.717) is 10.8 Å². The first kappa shape index (κ1) is 18.8. The number of nitrogens with zero attached hydrogens (tertiary/aromatic N) is 3. The van der Waals surface area contributed by atoms with Gasteiger partial charge in [0.15, 0.2) is 16.8 Å². The summed E-state index contributed by atoms with van der Waals surface area (Å²) in [6.45, 7) is 2.03. The first-order chi connectivity index (χ1) is 13.0. The predicted molar refractivity (Wildman–Crippen MR) is 107 cm³/mol. The molecule has 0 fully saturated rings. The second-order valence-electron chi connectivity index (χ2n) is 6.15. The highest BCUT2D eigenvalue weighted by Crippen LogP contribution is 2.23. The third-order valence-electron chi connectivity index (χ3n) is 3.92. The molecule has 0 radical (unpaired) electrons. The molecule has 1 N–H and O–H groups in total. The number of carbonyl (C=O) groups excluding carboxylic acids is 2. The molecular formula is C20H20N4O2S. The zero-order valence-electron chi connectivity index (χ0n) is 15.2. The maximum Gasteiger partial charge on any atom is 0.231 e. The fourth-order valence-corrected chi connectivity index (χ4v) is 3.27. The topological polar surface area (TPSA) is 76.9 Å². The molecule has 3 rings (SSSR count). The van der Waals surface area contributed by atoms with E-state index in [1.807, 2.05) is 61.0 Å². The number of para-hydroxylation sites is 1. The largest absolute Gasteiger partial charge is 0.326 e. The van der Waals surface area contributed by atoms with Crippen LogP contribution in [0, 0.1) is 6.92 Å². The first-order valence-electron chi connectivity index (χ1n) is 8.49. The lowest BCUT2D eigenvalue weighted by molar-refractivity contribution is -0.123. The van der Waals surface area contributed by atoms with Crippen LogP contribution in [0.25, 0.3) is 11.4 Å². The van der Waals surface area contributed by atoms with Crippen molar-refractivity contribution in [2.45, 2.75) is 18.5 Å². The van der Waals surface area contributed by atoms with Gasteiger partial charge in [-0.25, -0.2) is 0 Å². The molecule has 0 spiro atoms. The van der Waals surface area contributed by atoms with E-state index in [0.717, 1.165) is 11.4 Å². The third-order valence-corrected chi connectivity index (χ3v) is 5.00. The monoisotopic (exact) mass is 380 g/mol. The molecule has 0 aliphatic carbocycles. The Kier molecular flexibility index (Phi) is 6.03. The van der Waals surface area contributed by atoms with Crippen LogP contribution in [0.5, 0.6) is 0 Å². The number of amides is 1. The van der Waals surface area contributed by atoms with Gasteiger partial charge in [0.05, 0.1) is 12.2 Å². The van der Waals surface area contributed by atoms with Crippen molar-refractivity contribution in [3.8, 4) is 11.4 Å². The fourth-order valence-electron chi connectivity index (χ4n) is 2.50. The molecule has 1 aromatic heterocycles. The van der Waals surface area contributed by atoms with Crippen LogP contribution in [0.4, 0.5) is 5.69 Å². The zero-order valence-corrected chi connectivity index (χ0v) is 16.0. The summed E-state index contributed by atoms with van der Waals surface area (Å²) in [5.41, 5.74) is 2.82. The highest BCUT2D eigenvalue weighted by Gasteiger charge is 2.15. The molecule has 0 saturated heterocycles. The zero-order chi connectivity index (χ0) is 19.2. The Hall–Kier alpha value is -2.93. The quantitative estimate of drug-likeness (QED) is 0.502. The Morgan fingerprint density at radius 3 is 2.44 bits per heavy atom. The van der Waals surface area contributed by atoms with Gasteiger partial charge < -0.3 is 9.88 Å². The number of thioether (sulfide) groups is 1. The molecule has 7 heteroatoms. The molecule has 3 aromatic rings. The third kappa shape index (κ3) is 5.04. The Morgan fingerprint density at radius 1 is 1.04 bits per heavy atom. The number of aromatic nitrogens is 3. The lowest BCUT2D eigenvalue weighted by Gasteiger charge is -2.05. The second-order valence-corrected chi connectivity index (χ2v) is 7.09. The first-order valence-corrected chi connectivity index (χ1v) is 9.47. The molecule has 0 bridgehead atoms. The average Bonchev–Trinajstić information content (AvgIpc) is 3.02. The summed E-state index contributed by atoms with van der Waals surface area (Å²) in [7, 11) is 1.87. The Balaban J connectivity index is 1.54. The molecule has 1 heterocycles. The Bertz CT molecular complexity index is 936. The van der Waals surface area contributed by atoms with Crippen LogP contribution in [0.15, 0.2) is 59.8 Å². The van der Waals surface area contributed by atoms with Crippen LogP contribution in [0.2, 0.25) is 0 Å². The number of carbonyl (C=O) groups is 2. The van der Waals surface area contributed by atoms with Crippen molar-refractivity contribution in [2.75, 3.05) is 11.1 Å². The van der Waals surface area contributed by atoms with Crippen molar-refractivity contribution >= 4 is 29.1 Å². The minimum atomic E-state index is -0.315. The summed E-state index contributed by atoms with van der Waals surface area (Å²) >= 11 is 1.28. The van der Waals surface area contributed by atoms with Crippen molar-refractivity contribution in [3.05, 3.63) is 60.2 Å². The molecule has 138 valence electrons. The van der Waals surface area contributed by atoms with Gasteiger partial charge in [-0.3, -0.25) is 9.59 Å². The van der Waals surface area contributed by atoms with Gasteiger partial charge >= 0.3 is 0 Å². The fraction of sp³-hybridized carbons (Fsp3) is 0.200. The van der Waals surface area contributed by atoms with Crippen molar-refractivity contribution in [1.29, 1.82) is 0 Å². The van der Waals surface area contributed by atoms with E-state index in [4.69, 9.17) is 0 Å². The van der Waals surface area contributed by atoms with Gasteiger partial charge in [0.25, 0.3) is 0 Å². The molecule has 0 aliphatic heterocycles. The summed E-state index contributed by atoms with van der Waals surface area (Å²) in [5.74, 6) is 0.437. The summed E-state index contributed by atoms with van der Waals surface area (Å²) in [6, 6.07) is 17.1. The van der Waals surface area contributed by atoms with E-state index in [2.05, 4.69) is 15.5 Å². The number of aryl methyl sites for hydroxylation is 1. The minimum absolute atomic E-state index is 0.159. The summed E-state index contributed by atoms with van der Waals surface area (Å²) in [6.07, 6.45) is -0.162. The van der Waals surface area contributed by atoms with E-state index in [-0.39, 0.29) is 23.9 Å². The van der Waals surface area contributed by atoms with Crippen LogP contribution < -0.4 is 5.32 Å². The van der Waals surface area contributed by atoms with E-state index in [9.17, 15) is 9.59 Å². The summed E-state index contributed by atoms with van der Waals surface area (Å²) in [4.78, 5) is 24.0. The SMILES string of the molecule is Cc1ccc(-c2nnc(SCC(=O)CC(=O)Nc3ccccc3)n2C)cc1. The Morgan fingerprint density at radius 2 is 1.74 bits per heavy atom. The molecule has 2 aromatic carbocycles. The average molecular weight is 380 g/mol. The van der Waals surface area contributed by atoms with Gasteiger partial charge in [-0.15, -0.1) is 10.2 Å². The number of hydrogen-bond acceptors (Lipinski definition) is 5. The van der Waals surface area contributed by atoms with Gasteiger partial charge in [0, 0.05) is 18.3 Å². The smallest absolute Gasteiger partial charge is 0.231 e. The number of rotatable bonds is 7. The number of anilines is 1. The number of ketones is 1. The maximum atomic E-state index is 12.1. The number of nitrogens with one attached hydrogen (secondary N) is 1. The normalized spacial score (nSPS) is 10.6. The summed E-state index contributed by atoms with van der Waals surface area (Å²) in [5, 5.41) is 11.7. The van der Waals surface area contributed by atoms with E-state index in [1.54, 1.807) is 12.1 Å². The van der Waals surface area contributed by atoms with Gasteiger partial charge in [-0.05, 0) is 19.1 Å². The lowest BCUT2D eigenvalue weighted by Crippen LogP contribution is -2.17. The van der Waals surface area contributed by atoms with Crippen LogP contribution in [-0.4, -0.2) is 32.2 Å². The van der Waals surface area contributed by atoms with Crippen molar-refractivity contribution in [1.82, 2.24) is 14.8 Å². The van der Waals surface area contributed by atoms with Crippen molar-refractivity contribution in [3.63, 3.8) is 0 Å². The lowest BCUT2D eigenvalue weighted by atomic mass is 10.1. The maximum absolute atomic E-state index is 12.1. The molecular weight excluding hydrogens is 360 g/mol. The van der Waals surface area contributed by atoms with Crippen LogP contribution >= 0.6 is 11.8 Å². The second kappa shape index (κ2) is 8.64. The Labute approximate surface area is 162 Å². The summed E-state index contributed by atoms with van der Waals surface area (Å²) < 4.78 is 1.85. The number of benzene rings is 2. The van der Waals surface area contributed by atoms with Crippen LogP contribution in [-0.2, 0) is 16.6 Å². The minimum Gasteiger partial charge on any atom is -0.326 e. The molecule has 27 heavy (non-hydrogen) atoms. The van der Waals surface area contributed by atoms with Gasteiger partial charge in [-0.1, -0.05) is 59.8 Å².